The molecule has 0 spiro atoms. The summed E-state index contributed by atoms with van der Waals surface area (Å²) < 4.78 is 8.28. The maximum atomic E-state index is 12.1. The summed E-state index contributed by atoms with van der Waals surface area (Å²) in [4.78, 5) is 12.1. The van der Waals surface area contributed by atoms with Gasteiger partial charge in [0, 0.05) is 24.7 Å². The number of aromatic amines is 1. The molecule has 0 radical (unpaired) electrons. The number of carbonyl (C=O) groups is 1. The lowest BCUT2D eigenvalue weighted by atomic mass is 10.1. The van der Waals surface area contributed by atoms with Gasteiger partial charge < -0.3 is 14.9 Å². The summed E-state index contributed by atoms with van der Waals surface area (Å²) in [6, 6.07) is 12.8. The third-order valence-corrected chi connectivity index (χ3v) is 4.03. The number of carbonyl (C=O) groups excluding carboxylic acids is 1. The van der Waals surface area contributed by atoms with Crippen molar-refractivity contribution in [2.45, 2.75) is 11.6 Å². The molecule has 1 aromatic carbocycles. The molecule has 0 unspecified atom stereocenters. The topological polar surface area (TPSA) is 116 Å². The standard InChI is InChI=1S/C16H17N5O3S/c22-10-12-8-15(20-19-12)25-18-7-6-17-16(23)13-9-14(24-21-13)11-4-2-1-3-5-11/h1-5,8-9,18,22H,6-7,10H2,(H,17,23)(H,19,20). The Hall–Kier alpha value is -2.62. The molecule has 1 amide bonds. The van der Waals surface area contributed by atoms with E-state index in [1.165, 1.54) is 11.9 Å². The van der Waals surface area contributed by atoms with Crippen LogP contribution in [0.5, 0.6) is 0 Å². The molecule has 9 heteroatoms. The van der Waals surface area contributed by atoms with Crippen molar-refractivity contribution < 1.29 is 14.4 Å². The lowest BCUT2D eigenvalue weighted by Gasteiger charge is -2.03. The summed E-state index contributed by atoms with van der Waals surface area (Å²) in [6.07, 6.45) is 0. The Morgan fingerprint density at radius 1 is 1.24 bits per heavy atom. The second kappa shape index (κ2) is 8.47. The van der Waals surface area contributed by atoms with Crippen LogP contribution < -0.4 is 10.0 Å². The molecule has 0 saturated carbocycles. The van der Waals surface area contributed by atoms with E-state index in [1.54, 1.807) is 12.1 Å². The van der Waals surface area contributed by atoms with Gasteiger partial charge in [-0.2, -0.15) is 5.10 Å². The number of aliphatic hydroxyl groups is 1. The third-order valence-electron chi connectivity index (χ3n) is 3.27. The Labute approximate surface area is 148 Å². The van der Waals surface area contributed by atoms with Gasteiger partial charge in [-0.15, -0.1) is 0 Å². The summed E-state index contributed by atoms with van der Waals surface area (Å²) in [6.45, 7) is 0.893. The SMILES string of the molecule is O=C(NCCNSc1cc(CO)[nH]n1)c1cc(-c2ccccc2)on1. The van der Waals surface area contributed by atoms with Gasteiger partial charge in [0.2, 0.25) is 0 Å². The molecular weight excluding hydrogens is 342 g/mol. The number of benzene rings is 1. The van der Waals surface area contributed by atoms with Gasteiger partial charge in [0.15, 0.2) is 11.5 Å². The predicted molar refractivity (Wildman–Crippen MR) is 92.6 cm³/mol. The van der Waals surface area contributed by atoms with Crippen LogP contribution in [0, 0.1) is 0 Å². The fourth-order valence-corrected chi connectivity index (χ4v) is 2.68. The van der Waals surface area contributed by atoms with Crippen LogP contribution >= 0.6 is 11.9 Å². The molecule has 130 valence electrons. The van der Waals surface area contributed by atoms with Crippen molar-refractivity contribution in [3.05, 3.63) is 53.9 Å². The number of aliphatic hydroxyl groups excluding tert-OH is 1. The molecule has 0 bridgehead atoms. The highest BCUT2D eigenvalue weighted by Gasteiger charge is 2.13. The number of amides is 1. The van der Waals surface area contributed by atoms with Crippen LogP contribution in [0.3, 0.4) is 0 Å². The fraction of sp³-hybridized carbons (Fsp3) is 0.188. The molecule has 0 aliphatic rings. The minimum absolute atomic E-state index is 0.0771. The number of hydrogen-bond donors (Lipinski definition) is 4. The van der Waals surface area contributed by atoms with Crippen molar-refractivity contribution in [2.24, 2.45) is 0 Å². The molecule has 4 N–H and O–H groups in total. The Morgan fingerprint density at radius 2 is 2.08 bits per heavy atom. The highest BCUT2D eigenvalue weighted by atomic mass is 32.2. The lowest BCUT2D eigenvalue weighted by Crippen LogP contribution is -2.29. The van der Waals surface area contributed by atoms with Gasteiger partial charge in [-0.25, -0.2) is 0 Å². The molecule has 8 nitrogen and oxygen atoms in total. The van der Waals surface area contributed by atoms with Crippen LogP contribution in [0.25, 0.3) is 11.3 Å². The van der Waals surface area contributed by atoms with Crippen molar-refractivity contribution in [2.75, 3.05) is 13.1 Å². The normalized spacial score (nSPS) is 10.8. The zero-order valence-corrected chi connectivity index (χ0v) is 14.0. The Balaban J connectivity index is 1.41. The number of hydrogen-bond acceptors (Lipinski definition) is 7. The summed E-state index contributed by atoms with van der Waals surface area (Å²) in [7, 11) is 0. The molecule has 25 heavy (non-hydrogen) atoms. The molecule has 2 heterocycles. The van der Waals surface area contributed by atoms with Gasteiger partial charge in [-0.3, -0.25) is 14.6 Å². The Morgan fingerprint density at radius 3 is 2.84 bits per heavy atom. The highest BCUT2D eigenvalue weighted by molar-refractivity contribution is 7.97. The Bertz CT molecular complexity index is 818. The summed E-state index contributed by atoms with van der Waals surface area (Å²) >= 11 is 1.32. The van der Waals surface area contributed by atoms with E-state index in [1.807, 2.05) is 30.3 Å². The van der Waals surface area contributed by atoms with E-state index in [0.29, 0.717) is 24.5 Å². The second-order valence-corrected chi connectivity index (χ2v) is 6.00. The van der Waals surface area contributed by atoms with Gasteiger partial charge in [0.25, 0.3) is 5.91 Å². The van der Waals surface area contributed by atoms with Crippen molar-refractivity contribution in [3.8, 4) is 11.3 Å². The second-order valence-electron chi connectivity index (χ2n) is 5.08. The number of nitrogens with one attached hydrogen (secondary N) is 3. The molecule has 0 saturated heterocycles. The molecule has 3 aromatic rings. The molecular formula is C16H17N5O3S. The maximum absolute atomic E-state index is 12.1. The van der Waals surface area contributed by atoms with E-state index in [-0.39, 0.29) is 18.2 Å². The summed E-state index contributed by atoms with van der Waals surface area (Å²) in [5, 5.41) is 22.9. The lowest BCUT2D eigenvalue weighted by molar-refractivity contribution is 0.0945. The van der Waals surface area contributed by atoms with E-state index >= 15 is 0 Å². The molecule has 2 aromatic heterocycles. The number of rotatable bonds is 8. The van der Waals surface area contributed by atoms with Crippen LogP contribution in [-0.4, -0.2) is 39.5 Å². The van der Waals surface area contributed by atoms with Crippen molar-refractivity contribution >= 4 is 17.9 Å². The van der Waals surface area contributed by atoms with Crippen LogP contribution in [0.1, 0.15) is 16.2 Å². The van der Waals surface area contributed by atoms with Crippen LogP contribution in [0.4, 0.5) is 0 Å². The van der Waals surface area contributed by atoms with Crippen molar-refractivity contribution in [3.63, 3.8) is 0 Å². The first-order valence-electron chi connectivity index (χ1n) is 7.61. The van der Waals surface area contributed by atoms with Gasteiger partial charge in [-0.1, -0.05) is 35.5 Å². The van der Waals surface area contributed by atoms with Crippen molar-refractivity contribution in [1.29, 1.82) is 0 Å². The monoisotopic (exact) mass is 359 g/mol. The van der Waals surface area contributed by atoms with Crippen LogP contribution in [0.15, 0.2) is 52.0 Å². The predicted octanol–water partition coefficient (Wildman–Crippen LogP) is 1.58. The number of aromatic nitrogens is 3. The average molecular weight is 359 g/mol. The van der Waals surface area contributed by atoms with E-state index in [4.69, 9.17) is 9.63 Å². The van der Waals surface area contributed by atoms with E-state index in [0.717, 1.165) is 10.6 Å². The zero-order chi connectivity index (χ0) is 17.5. The largest absolute Gasteiger partial charge is 0.390 e. The minimum atomic E-state index is -0.292. The minimum Gasteiger partial charge on any atom is -0.390 e. The zero-order valence-electron chi connectivity index (χ0n) is 13.2. The van der Waals surface area contributed by atoms with Crippen LogP contribution in [0.2, 0.25) is 0 Å². The van der Waals surface area contributed by atoms with E-state index < -0.39 is 0 Å². The van der Waals surface area contributed by atoms with E-state index in [2.05, 4.69) is 25.4 Å². The molecule has 3 rings (SSSR count). The summed E-state index contributed by atoms with van der Waals surface area (Å²) in [5.74, 6) is 0.262. The van der Waals surface area contributed by atoms with E-state index in [9.17, 15) is 4.79 Å². The first-order chi connectivity index (χ1) is 12.3. The molecule has 0 atom stereocenters. The Kier molecular flexibility index (Phi) is 5.83. The van der Waals surface area contributed by atoms with Crippen molar-refractivity contribution in [1.82, 2.24) is 25.4 Å². The molecule has 0 fully saturated rings. The maximum Gasteiger partial charge on any atom is 0.273 e. The van der Waals surface area contributed by atoms with Gasteiger partial charge in [0.1, 0.15) is 5.03 Å². The molecule has 0 aliphatic heterocycles. The van der Waals surface area contributed by atoms with Gasteiger partial charge >= 0.3 is 0 Å². The molecule has 0 aliphatic carbocycles. The number of nitrogens with zero attached hydrogens (tertiary/aromatic N) is 2. The average Bonchev–Trinajstić information content (AvgIpc) is 3.31. The quantitative estimate of drug-likeness (QED) is 0.356. The van der Waals surface area contributed by atoms with Crippen LogP contribution in [-0.2, 0) is 6.61 Å². The van der Waals surface area contributed by atoms with Gasteiger partial charge in [0.05, 0.1) is 12.3 Å². The number of H-pyrrole nitrogens is 1. The first kappa shape index (κ1) is 17.2. The highest BCUT2D eigenvalue weighted by Crippen LogP contribution is 2.19. The first-order valence-corrected chi connectivity index (χ1v) is 8.43. The summed E-state index contributed by atoms with van der Waals surface area (Å²) in [5.41, 5.74) is 1.76. The third kappa shape index (κ3) is 4.69. The smallest absolute Gasteiger partial charge is 0.273 e. The van der Waals surface area contributed by atoms with Gasteiger partial charge in [-0.05, 0) is 18.0 Å². The fourth-order valence-electron chi connectivity index (χ4n) is 2.04.